The van der Waals surface area contributed by atoms with Crippen LogP contribution in [0.3, 0.4) is 0 Å². The molecule has 2 aromatic carbocycles. The lowest BCUT2D eigenvalue weighted by atomic mass is 9.96. The van der Waals surface area contributed by atoms with Crippen LogP contribution in [0.1, 0.15) is 17.2 Å². The van der Waals surface area contributed by atoms with Gasteiger partial charge >= 0.3 is 0 Å². The molecule has 2 rings (SSSR count). The second-order valence-electron chi connectivity index (χ2n) is 4.68. The Morgan fingerprint density at radius 3 is 2.35 bits per heavy atom. The van der Waals surface area contributed by atoms with Gasteiger partial charge in [-0.2, -0.15) is 0 Å². The molecule has 0 spiro atoms. The van der Waals surface area contributed by atoms with E-state index >= 15 is 0 Å². The number of hydrogen-bond acceptors (Lipinski definition) is 2. The molecule has 0 aliphatic carbocycles. The fourth-order valence-corrected chi connectivity index (χ4v) is 2.25. The van der Waals surface area contributed by atoms with Crippen molar-refractivity contribution in [3.8, 4) is 0 Å². The highest BCUT2D eigenvalue weighted by Gasteiger charge is 2.20. The molecule has 2 aromatic rings. The van der Waals surface area contributed by atoms with Gasteiger partial charge in [-0.05, 0) is 29.7 Å². The lowest BCUT2D eigenvalue weighted by Crippen LogP contribution is -2.32. The molecule has 2 N–H and O–H groups in total. The molecule has 20 heavy (non-hydrogen) atoms. The van der Waals surface area contributed by atoms with Crippen molar-refractivity contribution >= 4 is 0 Å². The van der Waals surface area contributed by atoms with Crippen molar-refractivity contribution in [3.63, 3.8) is 0 Å². The third-order valence-corrected chi connectivity index (χ3v) is 3.23. The Bertz CT molecular complexity index is 560. The number of hydrogen-bond donors (Lipinski definition) is 1. The summed E-state index contributed by atoms with van der Waals surface area (Å²) in [6.45, 7) is 0. The van der Waals surface area contributed by atoms with Gasteiger partial charge in [0.05, 0.1) is 6.10 Å². The smallest absolute Gasteiger partial charge is 0.159 e. The van der Waals surface area contributed by atoms with Gasteiger partial charge in [0, 0.05) is 13.2 Å². The molecule has 0 aliphatic rings. The first-order chi connectivity index (χ1) is 9.61. The summed E-state index contributed by atoms with van der Waals surface area (Å²) in [7, 11) is 1.59. The molecule has 106 valence electrons. The highest BCUT2D eigenvalue weighted by atomic mass is 19.2. The summed E-state index contributed by atoms with van der Waals surface area (Å²) in [5.74, 6) is -1.71. The minimum Gasteiger partial charge on any atom is -0.375 e. The fourth-order valence-electron chi connectivity index (χ4n) is 2.25. The first-order valence-electron chi connectivity index (χ1n) is 6.39. The first-order valence-corrected chi connectivity index (χ1v) is 6.39. The second-order valence-corrected chi connectivity index (χ2v) is 4.68. The van der Waals surface area contributed by atoms with E-state index < -0.39 is 11.6 Å². The highest BCUT2D eigenvalue weighted by molar-refractivity contribution is 5.23. The maximum atomic E-state index is 13.2. The standard InChI is InChI=1S/C16H17F2NO/c1-20-16(12-5-3-2-4-6-12)15(19)10-11-7-8-13(17)14(18)9-11/h2-9,15-16H,10,19H2,1H3. The van der Waals surface area contributed by atoms with Crippen LogP contribution in [-0.4, -0.2) is 13.2 Å². The van der Waals surface area contributed by atoms with E-state index in [-0.39, 0.29) is 12.1 Å². The number of ether oxygens (including phenoxy) is 1. The highest BCUT2D eigenvalue weighted by Crippen LogP contribution is 2.22. The van der Waals surface area contributed by atoms with Crippen molar-refractivity contribution in [3.05, 3.63) is 71.3 Å². The Morgan fingerprint density at radius 2 is 1.75 bits per heavy atom. The lowest BCUT2D eigenvalue weighted by Gasteiger charge is -2.23. The molecule has 2 atom stereocenters. The topological polar surface area (TPSA) is 35.2 Å². The number of rotatable bonds is 5. The fraction of sp³-hybridized carbons (Fsp3) is 0.250. The predicted octanol–water partition coefficient (Wildman–Crippen LogP) is 3.22. The molecule has 0 amide bonds. The van der Waals surface area contributed by atoms with Crippen molar-refractivity contribution in [1.82, 2.24) is 0 Å². The lowest BCUT2D eigenvalue weighted by molar-refractivity contribution is 0.0802. The quantitative estimate of drug-likeness (QED) is 0.910. The largest absolute Gasteiger partial charge is 0.375 e. The Labute approximate surface area is 117 Å². The molecular weight excluding hydrogens is 260 g/mol. The van der Waals surface area contributed by atoms with Gasteiger partial charge in [0.15, 0.2) is 11.6 Å². The van der Waals surface area contributed by atoms with Crippen molar-refractivity contribution in [2.75, 3.05) is 7.11 Å². The van der Waals surface area contributed by atoms with Crippen LogP contribution in [0.5, 0.6) is 0 Å². The number of halogens is 2. The molecule has 0 fully saturated rings. The minimum absolute atomic E-state index is 0.288. The predicted molar refractivity (Wildman–Crippen MR) is 74.2 cm³/mol. The summed E-state index contributed by atoms with van der Waals surface area (Å²) in [6.07, 6.45) is 0.120. The van der Waals surface area contributed by atoms with Crippen molar-refractivity contribution in [2.24, 2.45) is 5.73 Å². The van der Waals surface area contributed by atoms with E-state index in [0.29, 0.717) is 12.0 Å². The zero-order chi connectivity index (χ0) is 14.5. The molecule has 0 heterocycles. The van der Waals surface area contributed by atoms with Gasteiger partial charge in [0.1, 0.15) is 0 Å². The van der Waals surface area contributed by atoms with E-state index in [1.54, 1.807) is 7.11 Å². The molecule has 0 radical (unpaired) electrons. The van der Waals surface area contributed by atoms with Crippen molar-refractivity contribution in [2.45, 2.75) is 18.6 Å². The third-order valence-electron chi connectivity index (χ3n) is 3.23. The first kappa shape index (κ1) is 14.6. The van der Waals surface area contributed by atoms with Crippen LogP contribution in [0.4, 0.5) is 8.78 Å². The van der Waals surface area contributed by atoms with Crippen LogP contribution in [0.2, 0.25) is 0 Å². The van der Waals surface area contributed by atoms with Gasteiger partial charge in [-0.25, -0.2) is 8.78 Å². The van der Waals surface area contributed by atoms with E-state index in [0.717, 1.165) is 11.6 Å². The third kappa shape index (κ3) is 3.40. The van der Waals surface area contributed by atoms with Gasteiger partial charge in [0.25, 0.3) is 0 Å². The van der Waals surface area contributed by atoms with Crippen LogP contribution < -0.4 is 5.73 Å². The normalized spacial score (nSPS) is 14.0. The maximum absolute atomic E-state index is 13.2. The Morgan fingerprint density at radius 1 is 1.05 bits per heavy atom. The summed E-state index contributed by atoms with van der Waals surface area (Å²) in [5, 5.41) is 0. The molecule has 4 heteroatoms. The monoisotopic (exact) mass is 277 g/mol. The van der Waals surface area contributed by atoms with E-state index in [1.165, 1.54) is 12.1 Å². The molecule has 2 nitrogen and oxygen atoms in total. The van der Waals surface area contributed by atoms with E-state index in [2.05, 4.69) is 0 Å². The van der Waals surface area contributed by atoms with Crippen LogP contribution in [0.15, 0.2) is 48.5 Å². The Balaban J connectivity index is 2.13. The summed E-state index contributed by atoms with van der Waals surface area (Å²) >= 11 is 0. The van der Waals surface area contributed by atoms with E-state index in [1.807, 2.05) is 30.3 Å². The maximum Gasteiger partial charge on any atom is 0.159 e. The van der Waals surface area contributed by atoms with Crippen LogP contribution >= 0.6 is 0 Å². The zero-order valence-corrected chi connectivity index (χ0v) is 11.2. The van der Waals surface area contributed by atoms with Crippen LogP contribution in [-0.2, 0) is 11.2 Å². The van der Waals surface area contributed by atoms with Gasteiger partial charge in [0.2, 0.25) is 0 Å². The van der Waals surface area contributed by atoms with Gasteiger partial charge in [-0.3, -0.25) is 0 Å². The molecule has 0 saturated carbocycles. The Hall–Kier alpha value is -1.78. The molecule has 0 aromatic heterocycles. The second kappa shape index (κ2) is 6.59. The van der Waals surface area contributed by atoms with Gasteiger partial charge in [-0.1, -0.05) is 36.4 Å². The molecular formula is C16H17F2NO. The molecule has 2 unspecified atom stereocenters. The van der Waals surface area contributed by atoms with Gasteiger partial charge < -0.3 is 10.5 Å². The SMILES string of the molecule is COC(c1ccccc1)C(N)Cc1ccc(F)c(F)c1. The van der Waals surface area contributed by atoms with E-state index in [4.69, 9.17) is 10.5 Å². The molecule has 0 saturated heterocycles. The average Bonchev–Trinajstić information content (AvgIpc) is 2.45. The van der Waals surface area contributed by atoms with Crippen LogP contribution in [0.25, 0.3) is 0 Å². The Kier molecular flexibility index (Phi) is 4.82. The number of nitrogens with two attached hydrogens (primary N) is 1. The van der Waals surface area contributed by atoms with Crippen molar-refractivity contribution < 1.29 is 13.5 Å². The summed E-state index contributed by atoms with van der Waals surface area (Å²) in [6, 6.07) is 13.1. The number of benzene rings is 2. The average molecular weight is 277 g/mol. The summed E-state index contributed by atoms with van der Waals surface area (Å²) in [4.78, 5) is 0. The van der Waals surface area contributed by atoms with Crippen molar-refractivity contribution in [1.29, 1.82) is 0 Å². The van der Waals surface area contributed by atoms with Crippen LogP contribution in [0, 0.1) is 11.6 Å². The zero-order valence-electron chi connectivity index (χ0n) is 11.2. The van der Waals surface area contributed by atoms with E-state index in [9.17, 15) is 8.78 Å². The summed E-state index contributed by atoms with van der Waals surface area (Å²) < 4.78 is 31.5. The molecule has 0 aliphatic heterocycles. The number of methoxy groups -OCH3 is 1. The molecule has 0 bridgehead atoms. The summed E-state index contributed by atoms with van der Waals surface area (Å²) in [5.41, 5.74) is 7.75. The minimum atomic E-state index is -0.858. The van der Waals surface area contributed by atoms with Gasteiger partial charge in [-0.15, -0.1) is 0 Å².